The Morgan fingerprint density at radius 1 is 1.04 bits per heavy atom. The molecule has 1 amide bonds. The molecule has 0 aliphatic heterocycles. The van der Waals surface area contributed by atoms with Gasteiger partial charge in [-0.3, -0.25) is 4.79 Å². The summed E-state index contributed by atoms with van der Waals surface area (Å²) >= 11 is 0. The number of primary amides is 1. The van der Waals surface area contributed by atoms with Gasteiger partial charge in [0.1, 0.15) is 4.90 Å². The molecule has 2 aromatic carbocycles. The Bertz CT molecular complexity index is 902. The van der Waals surface area contributed by atoms with Crippen LogP contribution in [0, 0.1) is 13.8 Å². The van der Waals surface area contributed by atoms with Crippen molar-refractivity contribution in [1.82, 2.24) is 0 Å². The van der Waals surface area contributed by atoms with Crippen LogP contribution in [-0.2, 0) is 15.5 Å². The van der Waals surface area contributed by atoms with Crippen LogP contribution in [0.3, 0.4) is 0 Å². The van der Waals surface area contributed by atoms with Gasteiger partial charge in [-0.15, -0.1) is 0 Å². The summed E-state index contributed by atoms with van der Waals surface area (Å²) in [6.45, 7) is 9.66. The summed E-state index contributed by atoms with van der Waals surface area (Å²) in [5, 5.41) is 0. The number of rotatable bonds is 4. The van der Waals surface area contributed by atoms with Crippen molar-refractivity contribution >= 4 is 16.0 Å². The van der Waals surface area contributed by atoms with Crippen molar-refractivity contribution in [2.75, 3.05) is 0 Å². The number of para-hydroxylation sites is 1. The molecule has 0 unspecified atom stereocenters. The van der Waals surface area contributed by atoms with Gasteiger partial charge < -0.3 is 9.92 Å². The van der Waals surface area contributed by atoms with Gasteiger partial charge in [-0.05, 0) is 48.1 Å². The number of hydrogen-bond acceptors (Lipinski definition) is 4. The minimum absolute atomic E-state index is 0.0210. The summed E-state index contributed by atoms with van der Waals surface area (Å²) in [7, 11) is -4.10. The molecule has 2 rings (SSSR count). The molecule has 25 heavy (non-hydrogen) atoms. The van der Waals surface area contributed by atoms with Crippen molar-refractivity contribution in [3.63, 3.8) is 0 Å². The zero-order valence-electron chi connectivity index (χ0n) is 15.1. The van der Waals surface area contributed by atoms with E-state index in [9.17, 15) is 13.2 Å². The molecule has 0 spiro atoms. The molecule has 0 atom stereocenters. The van der Waals surface area contributed by atoms with Gasteiger partial charge in [-0.1, -0.05) is 45.0 Å². The van der Waals surface area contributed by atoms with Crippen LogP contribution < -0.4 is 9.92 Å². The standard InChI is InChI=1S/C19H23NO4S/c1-12-10-14(19(3,4)5)11-13(2)17(12)25(22,23)24-16-9-7-6-8-15(16)18(20)21/h6-11H,1-5H3,(H2,20,21). The largest absolute Gasteiger partial charge is 0.378 e. The van der Waals surface area contributed by atoms with Crippen LogP contribution in [-0.4, -0.2) is 14.3 Å². The second-order valence-corrected chi connectivity index (χ2v) is 8.57. The van der Waals surface area contributed by atoms with E-state index < -0.39 is 16.0 Å². The van der Waals surface area contributed by atoms with Gasteiger partial charge in [-0.2, -0.15) is 8.42 Å². The number of aryl methyl sites for hydroxylation is 2. The lowest BCUT2D eigenvalue weighted by Crippen LogP contribution is -2.19. The van der Waals surface area contributed by atoms with Crippen LogP contribution in [0.1, 0.15) is 47.8 Å². The van der Waals surface area contributed by atoms with Crippen LogP contribution in [0.15, 0.2) is 41.3 Å². The summed E-state index contributed by atoms with van der Waals surface area (Å²) in [4.78, 5) is 11.6. The topological polar surface area (TPSA) is 86.5 Å². The molecule has 2 N–H and O–H groups in total. The molecule has 2 aromatic rings. The molecule has 0 heterocycles. The molecule has 0 aromatic heterocycles. The van der Waals surface area contributed by atoms with Gasteiger partial charge in [-0.25, -0.2) is 0 Å². The van der Waals surface area contributed by atoms with Crippen molar-refractivity contribution in [2.24, 2.45) is 5.73 Å². The van der Waals surface area contributed by atoms with Gasteiger partial charge >= 0.3 is 10.1 Å². The predicted molar refractivity (Wildman–Crippen MR) is 97.4 cm³/mol. The molecule has 0 bridgehead atoms. The summed E-state index contributed by atoms with van der Waals surface area (Å²) in [5.74, 6) is -0.823. The molecule has 0 fully saturated rings. The van der Waals surface area contributed by atoms with Crippen LogP contribution in [0.25, 0.3) is 0 Å². The maximum absolute atomic E-state index is 12.8. The molecule has 0 saturated carbocycles. The fourth-order valence-electron chi connectivity index (χ4n) is 2.68. The molecule has 0 aliphatic rings. The van der Waals surface area contributed by atoms with Crippen molar-refractivity contribution < 1.29 is 17.4 Å². The van der Waals surface area contributed by atoms with E-state index in [-0.39, 0.29) is 21.6 Å². The molecule has 6 heteroatoms. The molecule has 0 aliphatic carbocycles. The van der Waals surface area contributed by atoms with Crippen LogP contribution in [0.2, 0.25) is 0 Å². The first-order valence-corrected chi connectivity index (χ1v) is 9.29. The van der Waals surface area contributed by atoms with E-state index in [0.29, 0.717) is 11.1 Å². The zero-order valence-corrected chi connectivity index (χ0v) is 15.9. The Kier molecular flexibility index (Phi) is 4.95. The van der Waals surface area contributed by atoms with Gasteiger partial charge in [0.25, 0.3) is 5.91 Å². The van der Waals surface area contributed by atoms with Crippen molar-refractivity contribution in [3.8, 4) is 5.75 Å². The second kappa shape index (κ2) is 6.52. The molecular weight excluding hydrogens is 338 g/mol. The highest BCUT2D eigenvalue weighted by molar-refractivity contribution is 7.87. The lowest BCUT2D eigenvalue weighted by Gasteiger charge is -2.22. The Morgan fingerprint density at radius 3 is 2.04 bits per heavy atom. The number of carbonyl (C=O) groups excluding carboxylic acids is 1. The molecule has 134 valence electrons. The summed E-state index contributed by atoms with van der Waals surface area (Å²) in [6, 6.07) is 9.71. The van der Waals surface area contributed by atoms with E-state index in [4.69, 9.17) is 9.92 Å². The molecular formula is C19H23NO4S. The Hall–Kier alpha value is -2.34. The maximum atomic E-state index is 12.8. The first-order chi connectivity index (χ1) is 11.4. The Morgan fingerprint density at radius 2 is 1.56 bits per heavy atom. The third-order valence-corrected chi connectivity index (χ3v) is 5.47. The van der Waals surface area contributed by atoms with E-state index in [1.54, 1.807) is 26.0 Å². The van der Waals surface area contributed by atoms with E-state index in [0.717, 1.165) is 5.56 Å². The summed E-state index contributed by atoms with van der Waals surface area (Å²) in [5.41, 5.74) is 7.44. The average molecular weight is 361 g/mol. The average Bonchev–Trinajstić information content (AvgIpc) is 2.44. The van der Waals surface area contributed by atoms with Gasteiger partial charge in [0, 0.05) is 0 Å². The van der Waals surface area contributed by atoms with E-state index in [1.165, 1.54) is 12.1 Å². The van der Waals surface area contributed by atoms with Crippen molar-refractivity contribution in [2.45, 2.75) is 44.9 Å². The first kappa shape index (κ1) is 19.0. The third-order valence-electron chi connectivity index (χ3n) is 3.93. The predicted octanol–water partition coefficient (Wildman–Crippen LogP) is 3.47. The van der Waals surface area contributed by atoms with Gasteiger partial charge in [0.15, 0.2) is 5.75 Å². The maximum Gasteiger partial charge on any atom is 0.339 e. The highest BCUT2D eigenvalue weighted by Gasteiger charge is 2.26. The van der Waals surface area contributed by atoms with Crippen molar-refractivity contribution in [1.29, 1.82) is 0 Å². The molecule has 0 saturated heterocycles. The highest BCUT2D eigenvalue weighted by atomic mass is 32.2. The second-order valence-electron chi connectivity index (χ2n) is 7.09. The first-order valence-electron chi connectivity index (χ1n) is 7.88. The van der Waals surface area contributed by atoms with Crippen molar-refractivity contribution in [3.05, 3.63) is 58.7 Å². The minimum Gasteiger partial charge on any atom is -0.378 e. The monoisotopic (exact) mass is 361 g/mol. The van der Waals surface area contributed by atoms with Crippen LogP contribution in [0.4, 0.5) is 0 Å². The zero-order chi connectivity index (χ0) is 19.0. The van der Waals surface area contributed by atoms with Gasteiger partial charge in [0.2, 0.25) is 0 Å². The summed E-state index contributed by atoms with van der Waals surface area (Å²) in [6.07, 6.45) is 0. The summed E-state index contributed by atoms with van der Waals surface area (Å²) < 4.78 is 30.8. The van der Waals surface area contributed by atoms with E-state index in [1.807, 2.05) is 12.1 Å². The Labute approximate surface area is 148 Å². The number of carbonyl (C=O) groups is 1. The van der Waals surface area contributed by atoms with Crippen LogP contribution in [0.5, 0.6) is 5.75 Å². The molecule has 0 radical (unpaired) electrons. The fraction of sp³-hybridized carbons (Fsp3) is 0.316. The van der Waals surface area contributed by atoms with Gasteiger partial charge in [0.05, 0.1) is 5.56 Å². The number of hydrogen-bond donors (Lipinski definition) is 1. The van der Waals surface area contributed by atoms with E-state index in [2.05, 4.69) is 20.8 Å². The number of nitrogens with two attached hydrogens (primary N) is 1. The lowest BCUT2D eigenvalue weighted by molar-refractivity contribution is 0.0999. The fourth-order valence-corrected chi connectivity index (χ4v) is 4.05. The number of benzene rings is 2. The smallest absolute Gasteiger partial charge is 0.339 e. The SMILES string of the molecule is Cc1cc(C(C)(C)C)cc(C)c1S(=O)(=O)Oc1ccccc1C(N)=O. The Balaban J connectivity index is 2.54. The minimum atomic E-state index is -4.10. The number of amides is 1. The molecule has 5 nitrogen and oxygen atoms in total. The normalized spacial score (nSPS) is 12.0. The van der Waals surface area contributed by atoms with Crippen LogP contribution >= 0.6 is 0 Å². The quantitative estimate of drug-likeness (QED) is 0.845. The lowest BCUT2D eigenvalue weighted by atomic mass is 9.85. The third kappa shape index (κ3) is 4.02. The van der Waals surface area contributed by atoms with E-state index >= 15 is 0 Å². The highest BCUT2D eigenvalue weighted by Crippen LogP contribution is 2.31.